The first-order valence-electron chi connectivity index (χ1n) is 7.70. The minimum atomic E-state index is -2.96. The second kappa shape index (κ2) is 5.44. The molecule has 3 heteroatoms. The van der Waals surface area contributed by atoms with Gasteiger partial charge in [-0.1, -0.05) is 74.4 Å². The summed E-state index contributed by atoms with van der Waals surface area (Å²) in [6.45, 7) is 19.0. The van der Waals surface area contributed by atoms with Crippen LogP contribution in [0.2, 0.25) is 10.1 Å². The van der Waals surface area contributed by atoms with E-state index >= 15 is 0 Å². The van der Waals surface area contributed by atoms with Gasteiger partial charge in [-0.2, -0.15) is 0 Å². The molecule has 21 heavy (non-hydrogen) atoms. The summed E-state index contributed by atoms with van der Waals surface area (Å²) in [4.78, 5) is 11.3. The molecule has 0 unspecified atom stereocenters. The predicted octanol–water partition coefficient (Wildman–Crippen LogP) is 5.40. The van der Waals surface area contributed by atoms with Crippen molar-refractivity contribution in [1.82, 2.24) is 0 Å². The zero-order chi connectivity index (χ0) is 16.7. The molecule has 1 rings (SSSR count). The van der Waals surface area contributed by atoms with Crippen molar-refractivity contribution in [1.29, 1.82) is 0 Å². The summed E-state index contributed by atoms with van der Waals surface area (Å²) in [6, 6.07) is 8.15. The molecule has 120 valence electrons. The van der Waals surface area contributed by atoms with E-state index in [0.717, 1.165) is 5.75 Å². The summed E-state index contributed by atoms with van der Waals surface area (Å²) >= 11 is 0. The van der Waals surface area contributed by atoms with Crippen LogP contribution in [0.5, 0.6) is 5.75 Å². The highest BCUT2D eigenvalue weighted by atomic mass is 28.4. The number of benzene rings is 1. The van der Waals surface area contributed by atoms with Crippen LogP contribution in [0.1, 0.15) is 67.9 Å². The van der Waals surface area contributed by atoms with Gasteiger partial charge in [0.05, 0.1) is 0 Å². The van der Waals surface area contributed by atoms with Gasteiger partial charge in [-0.3, -0.25) is 0 Å². The molecule has 1 N–H and O–H groups in total. The lowest BCUT2D eigenvalue weighted by Gasteiger charge is -2.45. The molecule has 0 bridgehead atoms. The van der Waals surface area contributed by atoms with E-state index in [4.69, 9.17) is 4.43 Å². The molecule has 0 radical (unpaired) electrons. The second-order valence-electron chi connectivity index (χ2n) is 9.02. The average Bonchev–Trinajstić information content (AvgIpc) is 2.25. The third kappa shape index (κ3) is 3.89. The Morgan fingerprint density at radius 3 is 1.43 bits per heavy atom. The van der Waals surface area contributed by atoms with Crippen LogP contribution >= 0.6 is 0 Å². The van der Waals surface area contributed by atoms with Crippen LogP contribution in [0.4, 0.5) is 0 Å². The molecule has 0 fully saturated rings. The van der Waals surface area contributed by atoms with Crippen LogP contribution in [-0.4, -0.2) is 13.4 Å². The quantitative estimate of drug-likeness (QED) is 0.741. The Labute approximate surface area is 131 Å². The summed E-state index contributed by atoms with van der Waals surface area (Å²) in [5.41, 5.74) is 1.40. The first-order chi connectivity index (χ1) is 9.18. The smallest absolute Gasteiger partial charge is 0.407 e. The van der Waals surface area contributed by atoms with Crippen molar-refractivity contribution >= 4 is 8.56 Å². The fourth-order valence-corrected chi connectivity index (χ4v) is 5.96. The zero-order valence-corrected chi connectivity index (χ0v) is 16.2. The summed E-state index contributed by atoms with van der Waals surface area (Å²) in [7, 11) is -2.96. The minimum Gasteiger partial charge on any atom is -0.520 e. The molecule has 0 heterocycles. The number of hydrogen-bond donors (Lipinski definition) is 1. The Morgan fingerprint density at radius 1 is 0.762 bits per heavy atom. The molecule has 0 aliphatic carbocycles. The van der Waals surface area contributed by atoms with E-state index < -0.39 is 8.56 Å². The van der Waals surface area contributed by atoms with Crippen molar-refractivity contribution in [3.05, 3.63) is 29.8 Å². The van der Waals surface area contributed by atoms with Crippen LogP contribution in [0.15, 0.2) is 24.3 Å². The Kier molecular flexibility index (Phi) is 4.72. The molecule has 0 atom stereocenters. The first-order valence-corrected chi connectivity index (χ1v) is 9.56. The maximum absolute atomic E-state index is 11.3. The highest BCUT2D eigenvalue weighted by Gasteiger charge is 2.57. The largest absolute Gasteiger partial charge is 0.520 e. The monoisotopic (exact) mass is 308 g/mol. The highest BCUT2D eigenvalue weighted by Crippen LogP contribution is 2.49. The van der Waals surface area contributed by atoms with Gasteiger partial charge in [0, 0.05) is 10.1 Å². The summed E-state index contributed by atoms with van der Waals surface area (Å²) in [6.07, 6.45) is 0. The lowest BCUT2D eigenvalue weighted by molar-refractivity contribution is 0.284. The van der Waals surface area contributed by atoms with E-state index in [9.17, 15) is 4.80 Å². The summed E-state index contributed by atoms with van der Waals surface area (Å²) in [5.74, 6) is 0.766. The zero-order valence-electron chi connectivity index (χ0n) is 15.2. The molecule has 0 saturated carbocycles. The highest BCUT2D eigenvalue weighted by molar-refractivity contribution is 6.72. The van der Waals surface area contributed by atoms with Crippen molar-refractivity contribution in [3.8, 4) is 5.75 Å². The maximum Gasteiger partial charge on any atom is 0.407 e. The summed E-state index contributed by atoms with van der Waals surface area (Å²) in [5, 5.41) is -0.512. The lowest BCUT2D eigenvalue weighted by Crippen LogP contribution is -2.57. The van der Waals surface area contributed by atoms with Crippen LogP contribution in [0.25, 0.3) is 0 Å². The van der Waals surface area contributed by atoms with Gasteiger partial charge in [-0.15, -0.1) is 0 Å². The predicted molar refractivity (Wildman–Crippen MR) is 93.2 cm³/mol. The van der Waals surface area contributed by atoms with Crippen molar-refractivity contribution < 1.29 is 9.22 Å². The second-order valence-corrected chi connectivity index (χ2v) is 13.5. The number of rotatable bonds is 2. The maximum atomic E-state index is 11.3. The Hall–Kier alpha value is -0.803. The van der Waals surface area contributed by atoms with Crippen LogP contribution in [0.3, 0.4) is 0 Å². The van der Waals surface area contributed by atoms with E-state index in [1.807, 2.05) is 12.1 Å². The van der Waals surface area contributed by atoms with Gasteiger partial charge in [0.1, 0.15) is 5.75 Å². The molecular formula is C18H32O2Si. The third-order valence-electron chi connectivity index (χ3n) is 4.02. The molecule has 0 amide bonds. The van der Waals surface area contributed by atoms with Crippen LogP contribution < -0.4 is 4.43 Å². The SMILES string of the molecule is CC(C)(C)c1ccc(O[Si](O)(C(C)(C)C)C(C)(C)C)cc1. The molecule has 1 aromatic rings. The van der Waals surface area contributed by atoms with E-state index in [1.165, 1.54) is 5.56 Å². The average molecular weight is 309 g/mol. The molecule has 0 saturated heterocycles. The van der Waals surface area contributed by atoms with E-state index in [1.54, 1.807) is 0 Å². The molecule has 0 spiro atoms. The van der Waals surface area contributed by atoms with Gasteiger partial charge >= 0.3 is 8.56 Å². The lowest BCUT2D eigenvalue weighted by atomic mass is 9.87. The normalized spacial score (nSPS) is 14.2. The fraction of sp³-hybridized carbons (Fsp3) is 0.667. The van der Waals surface area contributed by atoms with Gasteiger partial charge in [0.2, 0.25) is 0 Å². The van der Waals surface area contributed by atoms with E-state index in [2.05, 4.69) is 74.4 Å². The van der Waals surface area contributed by atoms with Crippen molar-refractivity contribution in [2.75, 3.05) is 0 Å². The number of hydrogen-bond acceptors (Lipinski definition) is 2. The molecule has 1 aromatic carbocycles. The topological polar surface area (TPSA) is 29.5 Å². The van der Waals surface area contributed by atoms with Gasteiger partial charge in [0.15, 0.2) is 0 Å². The van der Waals surface area contributed by atoms with Gasteiger partial charge < -0.3 is 9.22 Å². The van der Waals surface area contributed by atoms with Gasteiger partial charge in [0.25, 0.3) is 0 Å². The standard InChI is InChI=1S/C18H32O2Si/c1-16(2,3)14-10-12-15(13-11-14)20-21(19,17(4,5)6)18(7,8)9/h10-13,19H,1-9H3. The van der Waals surface area contributed by atoms with E-state index in [0.29, 0.717) is 0 Å². The van der Waals surface area contributed by atoms with Gasteiger partial charge in [-0.05, 0) is 23.1 Å². The van der Waals surface area contributed by atoms with Crippen LogP contribution in [0, 0.1) is 0 Å². The van der Waals surface area contributed by atoms with Crippen molar-refractivity contribution in [3.63, 3.8) is 0 Å². The molecule has 0 aliphatic rings. The molecule has 2 nitrogen and oxygen atoms in total. The fourth-order valence-electron chi connectivity index (χ4n) is 2.62. The Bertz CT molecular complexity index is 456. The van der Waals surface area contributed by atoms with Crippen molar-refractivity contribution in [2.45, 2.75) is 77.8 Å². The first kappa shape index (κ1) is 18.2. The minimum absolute atomic E-state index is 0.125. The Balaban J connectivity index is 3.13. The van der Waals surface area contributed by atoms with Crippen LogP contribution in [-0.2, 0) is 5.41 Å². The van der Waals surface area contributed by atoms with Gasteiger partial charge in [-0.25, -0.2) is 0 Å². The Morgan fingerprint density at radius 2 is 1.14 bits per heavy atom. The summed E-state index contributed by atoms with van der Waals surface area (Å²) < 4.78 is 6.19. The molecule has 0 aromatic heterocycles. The molecule has 0 aliphatic heterocycles. The molecular weight excluding hydrogens is 276 g/mol. The van der Waals surface area contributed by atoms with E-state index in [-0.39, 0.29) is 15.5 Å². The third-order valence-corrected chi connectivity index (χ3v) is 8.62. The van der Waals surface area contributed by atoms with Crippen molar-refractivity contribution in [2.24, 2.45) is 0 Å².